The van der Waals surface area contributed by atoms with Crippen molar-refractivity contribution in [2.45, 2.75) is 45.0 Å². The van der Waals surface area contributed by atoms with E-state index in [0.29, 0.717) is 17.9 Å². The van der Waals surface area contributed by atoms with Crippen molar-refractivity contribution in [1.29, 1.82) is 0 Å². The maximum Gasteiger partial charge on any atom is 0.141 e. The van der Waals surface area contributed by atoms with Crippen molar-refractivity contribution in [3.63, 3.8) is 0 Å². The summed E-state index contributed by atoms with van der Waals surface area (Å²) < 4.78 is 20.7. The molecule has 0 saturated heterocycles. The fourth-order valence-electron chi connectivity index (χ4n) is 4.00. The van der Waals surface area contributed by atoms with Crippen LogP contribution in [0.15, 0.2) is 59.8 Å². The molecule has 4 heteroatoms. The van der Waals surface area contributed by atoms with E-state index >= 15 is 0 Å². The molecule has 0 bridgehead atoms. The third kappa shape index (κ3) is 2.85. The predicted octanol–water partition coefficient (Wildman–Crippen LogP) is 4.70. The van der Waals surface area contributed by atoms with E-state index in [-0.39, 0.29) is 18.0 Å². The monoisotopic (exact) mass is 339 g/mol. The van der Waals surface area contributed by atoms with Gasteiger partial charge in [0.2, 0.25) is 0 Å². The Morgan fingerprint density at radius 2 is 1.88 bits per heavy atom. The Bertz CT molecular complexity index is 776. The number of ether oxygens (including phenoxy) is 1. The van der Waals surface area contributed by atoms with E-state index in [2.05, 4.69) is 24.2 Å². The van der Waals surface area contributed by atoms with Gasteiger partial charge in [0, 0.05) is 5.56 Å². The lowest BCUT2D eigenvalue weighted by atomic mass is 9.67. The first-order valence-electron chi connectivity index (χ1n) is 8.84. The Kier molecular flexibility index (Phi) is 4.30. The topological polar surface area (TPSA) is 30.8 Å². The molecule has 1 saturated carbocycles. The van der Waals surface area contributed by atoms with Crippen molar-refractivity contribution in [3.8, 4) is 0 Å². The second-order valence-corrected chi connectivity index (χ2v) is 7.01. The second kappa shape index (κ2) is 6.60. The SMILES string of the molecule is CC12C(c3ccccc3F)=NOC1CCCC2OCc1ccccc1. The minimum Gasteiger partial charge on any atom is -0.391 e. The third-order valence-electron chi connectivity index (χ3n) is 5.47. The quantitative estimate of drug-likeness (QED) is 0.808. The van der Waals surface area contributed by atoms with Crippen molar-refractivity contribution < 1.29 is 14.0 Å². The molecule has 0 radical (unpaired) electrons. The normalized spacial score (nSPS) is 28.2. The molecule has 2 aromatic carbocycles. The van der Waals surface area contributed by atoms with Gasteiger partial charge >= 0.3 is 0 Å². The summed E-state index contributed by atoms with van der Waals surface area (Å²) in [5.74, 6) is -0.265. The number of hydrogen-bond acceptors (Lipinski definition) is 3. The van der Waals surface area contributed by atoms with E-state index in [9.17, 15) is 4.39 Å². The van der Waals surface area contributed by atoms with E-state index in [1.54, 1.807) is 12.1 Å². The van der Waals surface area contributed by atoms with Crippen LogP contribution in [0.5, 0.6) is 0 Å². The molecular formula is C21H22FNO2. The first-order chi connectivity index (χ1) is 12.2. The smallest absolute Gasteiger partial charge is 0.141 e. The van der Waals surface area contributed by atoms with E-state index in [0.717, 1.165) is 24.8 Å². The highest BCUT2D eigenvalue weighted by Gasteiger charge is 2.54. The number of benzene rings is 2. The lowest BCUT2D eigenvalue weighted by Crippen LogP contribution is -2.50. The fraction of sp³-hybridized carbons (Fsp3) is 0.381. The highest BCUT2D eigenvalue weighted by atomic mass is 19.1. The van der Waals surface area contributed by atoms with Crippen LogP contribution in [0, 0.1) is 11.2 Å². The van der Waals surface area contributed by atoms with Crippen LogP contribution in [-0.4, -0.2) is 17.9 Å². The summed E-state index contributed by atoms with van der Waals surface area (Å²) in [5.41, 5.74) is 1.89. The zero-order chi connectivity index (χ0) is 17.3. The van der Waals surface area contributed by atoms with Crippen molar-refractivity contribution in [3.05, 3.63) is 71.5 Å². The van der Waals surface area contributed by atoms with Crippen LogP contribution >= 0.6 is 0 Å². The lowest BCUT2D eigenvalue weighted by Gasteiger charge is -2.41. The molecule has 1 heterocycles. The van der Waals surface area contributed by atoms with Gasteiger partial charge in [0.1, 0.15) is 17.6 Å². The number of oxime groups is 1. The minimum atomic E-state index is -0.435. The van der Waals surface area contributed by atoms with Gasteiger partial charge in [-0.3, -0.25) is 0 Å². The van der Waals surface area contributed by atoms with Gasteiger partial charge in [0.05, 0.1) is 18.1 Å². The molecule has 1 fully saturated rings. The average molecular weight is 339 g/mol. The Labute approximate surface area is 147 Å². The Morgan fingerprint density at radius 3 is 2.68 bits per heavy atom. The molecule has 130 valence electrons. The van der Waals surface area contributed by atoms with Crippen LogP contribution in [0.4, 0.5) is 4.39 Å². The molecule has 25 heavy (non-hydrogen) atoms. The summed E-state index contributed by atoms with van der Waals surface area (Å²) >= 11 is 0. The summed E-state index contributed by atoms with van der Waals surface area (Å²) in [7, 11) is 0. The molecule has 1 aliphatic heterocycles. The van der Waals surface area contributed by atoms with Gasteiger partial charge < -0.3 is 9.57 Å². The number of halogens is 1. The molecule has 3 atom stereocenters. The number of rotatable bonds is 4. The van der Waals surface area contributed by atoms with Gasteiger partial charge in [-0.05, 0) is 37.8 Å². The summed E-state index contributed by atoms with van der Waals surface area (Å²) in [6, 6.07) is 16.9. The van der Waals surface area contributed by atoms with Crippen molar-refractivity contribution in [1.82, 2.24) is 0 Å². The van der Waals surface area contributed by atoms with Crippen LogP contribution in [0.2, 0.25) is 0 Å². The maximum atomic E-state index is 14.4. The van der Waals surface area contributed by atoms with Crippen molar-refractivity contribution >= 4 is 5.71 Å². The average Bonchev–Trinajstić information content (AvgIpc) is 2.99. The predicted molar refractivity (Wildman–Crippen MR) is 94.8 cm³/mol. The molecule has 0 amide bonds. The summed E-state index contributed by atoms with van der Waals surface area (Å²) in [6.45, 7) is 2.64. The van der Waals surface area contributed by atoms with Gasteiger partial charge in [0.15, 0.2) is 0 Å². The third-order valence-corrected chi connectivity index (χ3v) is 5.47. The van der Waals surface area contributed by atoms with Gasteiger partial charge in [0.25, 0.3) is 0 Å². The Morgan fingerprint density at radius 1 is 1.12 bits per heavy atom. The molecular weight excluding hydrogens is 317 g/mol. The highest BCUT2D eigenvalue weighted by molar-refractivity contribution is 6.06. The molecule has 2 aliphatic rings. The molecule has 0 aromatic heterocycles. The minimum absolute atomic E-state index is 0.0488. The highest BCUT2D eigenvalue weighted by Crippen LogP contribution is 2.47. The zero-order valence-corrected chi connectivity index (χ0v) is 14.3. The van der Waals surface area contributed by atoms with Crippen LogP contribution < -0.4 is 0 Å². The first-order valence-corrected chi connectivity index (χ1v) is 8.84. The Balaban J connectivity index is 1.61. The molecule has 0 spiro atoms. The molecule has 0 N–H and O–H groups in total. The lowest BCUT2D eigenvalue weighted by molar-refractivity contribution is -0.0972. The van der Waals surface area contributed by atoms with Crippen molar-refractivity contribution in [2.75, 3.05) is 0 Å². The van der Waals surface area contributed by atoms with Gasteiger partial charge in [-0.25, -0.2) is 4.39 Å². The van der Waals surface area contributed by atoms with Crippen LogP contribution in [-0.2, 0) is 16.2 Å². The summed E-state index contributed by atoms with van der Waals surface area (Å²) in [6.07, 6.45) is 2.77. The molecule has 4 rings (SSSR count). The maximum absolute atomic E-state index is 14.4. The van der Waals surface area contributed by atoms with Gasteiger partial charge in [-0.2, -0.15) is 0 Å². The fourth-order valence-corrected chi connectivity index (χ4v) is 4.00. The largest absolute Gasteiger partial charge is 0.391 e. The molecule has 1 aliphatic carbocycles. The number of hydrogen-bond donors (Lipinski definition) is 0. The molecule has 3 unspecified atom stereocenters. The van der Waals surface area contributed by atoms with Crippen LogP contribution in [0.1, 0.15) is 37.3 Å². The summed E-state index contributed by atoms with van der Waals surface area (Å²) in [4.78, 5) is 5.71. The van der Waals surface area contributed by atoms with E-state index in [4.69, 9.17) is 9.57 Å². The van der Waals surface area contributed by atoms with Crippen molar-refractivity contribution in [2.24, 2.45) is 10.6 Å². The van der Waals surface area contributed by atoms with E-state index in [1.807, 2.05) is 24.3 Å². The number of nitrogens with zero attached hydrogens (tertiary/aromatic N) is 1. The number of fused-ring (bicyclic) bond motifs is 1. The van der Waals surface area contributed by atoms with Gasteiger partial charge in [-0.1, -0.05) is 53.7 Å². The Hall–Kier alpha value is -2.20. The molecule has 2 aromatic rings. The first kappa shape index (κ1) is 16.3. The molecule has 3 nitrogen and oxygen atoms in total. The second-order valence-electron chi connectivity index (χ2n) is 7.01. The summed E-state index contributed by atoms with van der Waals surface area (Å²) in [5, 5.41) is 4.28. The van der Waals surface area contributed by atoms with Crippen LogP contribution in [0.25, 0.3) is 0 Å². The standard InChI is InChI=1S/C21H22FNO2/c1-21-18(24-14-15-8-3-2-4-9-15)12-7-13-19(21)25-23-20(21)16-10-5-6-11-17(16)22/h2-6,8-11,18-19H,7,12-14H2,1H3. The van der Waals surface area contributed by atoms with Crippen LogP contribution in [0.3, 0.4) is 0 Å². The van der Waals surface area contributed by atoms with E-state index in [1.165, 1.54) is 6.07 Å². The van der Waals surface area contributed by atoms with E-state index < -0.39 is 5.41 Å². The van der Waals surface area contributed by atoms with Gasteiger partial charge in [-0.15, -0.1) is 0 Å². The zero-order valence-electron chi connectivity index (χ0n) is 14.3.